The van der Waals surface area contributed by atoms with E-state index in [0.717, 1.165) is 30.8 Å². The van der Waals surface area contributed by atoms with Crippen LogP contribution in [0.25, 0.3) is 0 Å². The average Bonchev–Trinajstić information content (AvgIpc) is 3.81. The predicted molar refractivity (Wildman–Crippen MR) is 184 cm³/mol. The minimum atomic E-state index is -0.860. The van der Waals surface area contributed by atoms with Crippen LogP contribution in [0.3, 0.4) is 0 Å². The van der Waals surface area contributed by atoms with E-state index in [0.29, 0.717) is 30.6 Å². The molecule has 0 saturated carbocycles. The van der Waals surface area contributed by atoms with Crippen LogP contribution < -0.4 is 16.0 Å². The van der Waals surface area contributed by atoms with Gasteiger partial charge in [-0.2, -0.15) is 0 Å². The first kappa shape index (κ1) is 35.7. The fraction of sp³-hybridized carbons (Fsp3) is 0.486. The summed E-state index contributed by atoms with van der Waals surface area (Å²) in [6, 6.07) is 12.9. The first-order valence-electron chi connectivity index (χ1n) is 17.1. The van der Waals surface area contributed by atoms with E-state index in [4.69, 9.17) is 0 Å². The van der Waals surface area contributed by atoms with Crippen LogP contribution in [-0.2, 0) is 29.0 Å². The van der Waals surface area contributed by atoms with Crippen LogP contribution in [-0.4, -0.2) is 93.8 Å². The molecule has 3 aromatic rings. The van der Waals surface area contributed by atoms with Crippen LogP contribution in [0, 0.1) is 11.2 Å². The molecule has 1 fully saturated rings. The highest BCUT2D eigenvalue weighted by Crippen LogP contribution is 2.28. The summed E-state index contributed by atoms with van der Waals surface area (Å²) in [6.07, 6.45) is 4.46. The molecule has 4 atom stereocenters. The molecule has 262 valence electrons. The molecule has 0 spiro atoms. The molecule has 11 nitrogen and oxygen atoms in total. The average molecular weight is 674 g/mol. The SMILES string of the molecule is CN[C@@H](C)C(=O)N[C@H](C(=O)N1C[C@@H](NC(=O)c2ccccc2)CC1CN(CCc1ccc(F)cc1)C(=O)c1cn2c(n1)CCC2)C(C)(C)C. The van der Waals surface area contributed by atoms with E-state index in [-0.39, 0.29) is 48.6 Å². The van der Waals surface area contributed by atoms with Gasteiger partial charge in [-0.15, -0.1) is 0 Å². The summed E-state index contributed by atoms with van der Waals surface area (Å²) in [7, 11) is 1.68. The molecule has 2 aromatic carbocycles. The van der Waals surface area contributed by atoms with Crippen molar-refractivity contribution in [3.63, 3.8) is 0 Å². The van der Waals surface area contributed by atoms with Crippen LogP contribution in [0.1, 0.15) is 72.8 Å². The van der Waals surface area contributed by atoms with Crippen molar-refractivity contribution in [3.05, 3.63) is 89.3 Å². The van der Waals surface area contributed by atoms with Gasteiger partial charge in [-0.3, -0.25) is 19.2 Å². The fourth-order valence-corrected chi connectivity index (χ4v) is 6.50. The van der Waals surface area contributed by atoms with Crippen molar-refractivity contribution in [2.45, 2.75) is 84.1 Å². The van der Waals surface area contributed by atoms with Crippen LogP contribution in [0.15, 0.2) is 60.8 Å². The summed E-state index contributed by atoms with van der Waals surface area (Å²) in [5.41, 5.74) is 1.09. The second-order valence-corrected chi connectivity index (χ2v) is 14.2. The molecule has 12 heteroatoms. The first-order chi connectivity index (χ1) is 23.3. The molecule has 1 unspecified atom stereocenters. The van der Waals surface area contributed by atoms with Crippen LogP contribution >= 0.6 is 0 Å². The van der Waals surface area contributed by atoms with Gasteiger partial charge in [0, 0.05) is 50.4 Å². The zero-order valence-corrected chi connectivity index (χ0v) is 29.0. The normalized spacial score (nSPS) is 18.4. The minimum Gasteiger partial charge on any atom is -0.347 e. The zero-order valence-electron chi connectivity index (χ0n) is 29.0. The van der Waals surface area contributed by atoms with E-state index >= 15 is 0 Å². The predicted octanol–water partition coefficient (Wildman–Crippen LogP) is 3.19. The summed E-state index contributed by atoms with van der Waals surface area (Å²) < 4.78 is 15.7. The maximum absolute atomic E-state index is 14.5. The molecular formula is C37H48FN7O4. The number of aryl methyl sites for hydroxylation is 2. The van der Waals surface area contributed by atoms with Crippen LogP contribution in [0.2, 0.25) is 0 Å². The molecule has 2 aliphatic rings. The van der Waals surface area contributed by atoms with Crippen molar-refractivity contribution in [3.8, 4) is 0 Å². The number of carbonyl (C=O) groups excluding carboxylic acids is 4. The Morgan fingerprint density at radius 3 is 2.43 bits per heavy atom. The van der Waals surface area contributed by atoms with E-state index in [1.807, 2.05) is 31.4 Å². The smallest absolute Gasteiger partial charge is 0.274 e. The molecule has 0 aliphatic carbocycles. The van der Waals surface area contributed by atoms with Gasteiger partial charge in [0.1, 0.15) is 23.4 Å². The Labute approximate surface area is 287 Å². The van der Waals surface area contributed by atoms with Gasteiger partial charge in [0.25, 0.3) is 11.8 Å². The van der Waals surface area contributed by atoms with Crippen LogP contribution in [0.4, 0.5) is 4.39 Å². The van der Waals surface area contributed by atoms with Gasteiger partial charge in [0.05, 0.1) is 12.1 Å². The summed E-state index contributed by atoms with van der Waals surface area (Å²) in [4.78, 5) is 63.0. The molecule has 49 heavy (non-hydrogen) atoms. The third kappa shape index (κ3) is 8.72. The number of likely N-dealkylation sites (N-methyl/N-ethyl adjacent to an activating group) is 1. The zero-order chi connectivity index (χ0) is 35.3. The topological polar surface area (TPSA) is 129 Å². The summed E-state index contributed by atoms with van der Waals surface area (Å²) in [6.45, 7) is 8.94. The van der Waals surface area contributed by atoms with Crippen LogP contribution in [0.5, 0.6) is 0 Å². The standard InChI is InChI=1S/C37H48FN7O4/c1-24(39-5)33(46)42-32(37(2,3)4)36(49)45-21-28(40-34(47)26-10-7-6-8-11-26)20-29(45)22-44(19-17-25-13-15-27(38)16-14-25)35(48)30-23-43-18-9-12-31(43)41-30/h6-8,10-11,13-16,23-24,28-29,32,39H,9,12,17-22H2,1-5H3,(H,40,47)(H,42,46)/t24-,28-,29?,32+/m0/s1. The van der Waals surface area contributed by atoms with Gasteiger partial charge >= 0.3 is 0 Å². The maximum Gasteiger partial charge on any atom is 0.274 e. The van der Waals surface area contributed by atoms with Crippen molar-refractivity contribution in [1.29, 1.82) is 0 Å². The summed E-state index contributed by atoms with van der Waals surface area (Å²) >= 11 is 0. The monoisotopic (exact) mass is 673 g/mol. The number of hydrogen-bond acceptors (Lipinski definition) is 6. The molecule has 0 radical (unpaired) electrons. The van der Waals surface area contributed by atoms with E-state index in [9.17, 15) is 23.6 Å². The second kappa shape index (κ2) is 15.3. The maximum atomic E-state index is 14.5. The third-order valence-electron chi connectivity index (χ3n) is 9.47. The van der Waals surface area contributed by atoms with Crippen molar-refractivity contribution < 1.29 is 23.6 Å². The number of benzene rings is 2. The van der Waals surface area contributed by atoms with Gasteiger partial charge < -0.3 is 30.3 Å². The third-order valence-corrected chi connectivity index (χ3v) is 9.47. The first-order valence-corrected chi connectivity index (χ1v) is 17.1. The van der Waals surface area contributed by atoms with Crippen molar-refractivity contribution in [2.24, 2.45) is 5.41 Å². The van der Waals surface area contributed by atoms with Gasteiger partial charge in [-0.25, -0.2) is 9.37 Å². The summed E-state index contributed by atoms with van der Waals surface area (Å²) in [5, 5.41) is 8.98. The molecule has 3 heterocycles. The molecule has 1 aromatic heterocycles. The van der Waals surface area contributed by atoms with Gasteiger partial charge in [0.2, 0.25) is 11.8 Å². The number of fused-ring (bicyclic) bond motifs is 1. The highest BCUT2D eigenvalue weighted by Gasteiger charge is 2.44. The van der Waals surface area contributed by atoms with Gasteiger partial charge in [-0.05, 0) is 68.5 Å². The molecule has 5 rings (SSSR count). The van der Waals surface area contributed by atoms with E-state index in [1.165, 1.54) is 12.1 Å². The Morgan fingerprint density at radius 1 is 1.06 bits per heavy atom. The highest BCUT2D eigenvalue weighted by molar-refractivity contribution is 5.95. The van der Waals surface area contributed by atoms with E-state index < -0.39 is 23.5 Å². The number of carbonyl (C=O) groups is 4. The second-order valence-electron chi connectivity index (χ2n) is 14.2. The van der Waals surface area contributed by atoms with E-state index in [2.05, 4.69) is 20.9 Å². The molecular weight excluding hydrogens is 625 g/mol. The number of nitrogens with one attached hydrogen (secondary N) is 3. The number of amides is 4. The number of hydrogen-bond donors (Lipinski definition) is 3. The highest BCUT2D eigenvalue weighted by atomic mass is 19.1. The summed E-state index contributed by atoms with van der Waals surface area (Å²) in [5.74, 6) is -0.544. The van der Waals surface area contributed by atoms with Crippen molar-refractivity contribution in [2.75, 3.05) is 26.7 Å². The minimum absolute atomic E-state index is 0.184. The lowest BCUT2D eigenvalue weighted by Crippen LogP contribution is -2.59. The Hall–Kier alpha value is -4.58. The Morgan fingerprint density at radius 2 is 1.78 bits per heavy atom. The number of likely N-dealkylation sites (tertiary alicyclic amines) is 1. The molecule has 0 bridgehead atoms. The number of halogens is 1. The molecule has 1 saturated heterocycles. The Balaban J connectivity index is 1.44. The quantitative estimate of drug-likeness (QED) is 0.271. The lowest BCUT2D eigenvalue weighted by Gasteiger charge is -2.37. The fourth-order valence-electron chi connectivity index (χ4n) is 6.50. The van der Waals surface area contributed by atoms with Crippen molar-refractivity contribution >= 4 is 23.6 Å². The van der Waals surface area contributed by atoms with E-state index in [1.54, 1.807) is 66.4 Å². The Bertz CT molecular complexity index is 1610. The Kier molecular flexibility index (Phi) is 11.2. The van der Waals surface area contributed by atoms with Crippen molar-refractivity contribution in [1.82, 2.24) is 35.3 Å². The van der Waals surface area contributed by atoms with Gasteiger partial charge in [0.15, 0.2) is 0 Å². The van der Waals surface area contributed by atoms with Gasteiger partial charge in [-0.1, -0.05) is 51.1 Å². The number of nitrogens with zero attached hydrogens (tertiary/aromatic N) is 4. The molecule has 4 amide bonds. The lowest BCUT2D eigenvalue weighted by atomic mass is 9.85. The number of aromatic nitrogens is 2. The largest absolute Gasteiger partial charge is 0.347 e. The molecule has 2 aliphatic heterocycles. The number of imidazole rings is 1. The lowest BCUT2D eigenvalue weighted by molar-refractivity contribution is -0.140. The number of rotatable bonds is 12. The molecule has 3 N–H and O–H groups in total.